The molecule has 2 atom stereocenters. The van der Waals surface area contributed by atoms with E-state index in [0.717, 1.165) is 35.1 Å². The summed E-state index contributed by atoms with van der Waals surface area (Å²) in [5.41, 5.74) is 0.795. The van der Waals surface area contributed by atoms with Crippen molar-refractivity contribution in [2.45, 2.75) is 50.1 Å². The average Bonchev–Trinajstić information content (AvgIpc) is 3.26. The van der Waals surface area contributed by atoms with Crippen molar-refractivity contribution >= 4 is 34.5 Å². The van der Waals surface area contributed by atoms with Crippen molar-refractivity contribution in [1.82, 2.24) is 25.1 Å². The predicted molar refractivity (Wildman–Crippen MR) is 127 cm³/mol. The first kappa shape index (κ1) is 21.8. The second kappa shape index (κ2) is 9.46. The number of thioether (sulfide) groups is 1. The zero-order chi connectivity index (χ0) is 22.8. The minimum atomic E-state index is -0.703. The normalized spacial score (nSPS) is 20.1. The van der Waals surface area contributed by atoms with Crippen LogP contribution in [0.4, 0.5) is 5.82 Å². The van der Waals surface area contributed by atoms with Crippen molar-refractivity contribution in [2.75, 3.05) is 30.8 Å². The average molecular weight is 469 g/mol. The van der Waals surface area contributed by atoms with E-state index in [1.165, 1.54) is 31.0 Å². The highest BCUT2D eigenvalue weighted by Gasteiger charge is 2.33. The van der Waals surface area contributed by atoms with E-state index in [1.54, 1.807) is 6.07 Å². The van der Waals surface area contributed by atoms with Gasteiger partial charge in [-0.25, -0.2) is 14.6 Å². The van der Waals surface area contributed by atoms with Crippen molar-refractivity contribution in [2.24, 2.45) is 0 Å². The highest BCUT2D eigenvalue weighted by atomic mass is 32.2. The largest absolute Gasteiger partial charge is 0.482 e. The van der Waals surface area contributed by atoms with Crippen molar-refractivity contribution in [1.29, 1.82) is 0 Å². The number of hydrogen-bond donors (Lipinski definition) is 1. The maximum atomic E-state index is 12.8. The van der Waals surface area contributed by atoms with Gasteiger partial charge < -0.3 is 19.7 Å². The monoisotopic (exact) mass is 468 g/mol. The van der Waals surface area contributed by atoms with Gasteiger partial charge >= 0.3 is 0 Å². The number of ether oxygens (including phenoxy) is 2. The molecule has 0 saturated carbocycles. The third-order valence-corrected chi connectivity index (χ3v) is 6.57. The summed E-state index contributed by atoms with van der Waals surface area (Å²) in [4.78, 5) is 24.6. The number of nitrogens with one attached hydrogen (secondary N) is 1. The molecule has 3 aromatic rings. The zero-order valence-corrected chi connectivity index (χ0v) is 19.7. The summed E-state index contributed by atoms with van der Waals surface area (Å²) in [5, 5.41) is 9.20. The smallest absolute Gasteiger partial charge is 0.265 e. The Hall–Kier alpha value is -3.01. The lowest BCUT2D eigenvalue weighted by Crippen LogP contribution is -2.49. The van der Waals surface area contributed by atoms with Gasteiger partial charge in [0.1, 0.15) is 11.9 Å². The summed E-state index contributed by atoms with van der Waals surface area (Å²) in [5.74, 6) is 1.99. The summed E-state index contributed by atoms with van der Waals surface area (Å²) in [6.45, 7) is 4.75. The quantitative estimate of drug-likeness (QED) is 0.436. The topological polar surface area (TPSA) is 94.4 Å². The lowest BCUT2D eigenvalue weighted by Gasteiger charge is -2.31. The van der Waals surface area contributed by atoms with E-state index in [1.807, 2.05) is 42.3 Å². The SMILES string of the molecule is CSc1nc(N2CCCCC2)c2cnn(CCNC(=O)C3Oc4ccccc4OC3C)c2n1. The van der Waals surface area contributed by atoms with E-state index >= 15 is 0 Å². The summed E-state index contributed by atoms with van der Waals surface area (Å²) in [7, 11) is 0. The molecule has 9 nitrogen and oxygen atoms in total. The number of anilines is 1. The van der Waals surface area contributed by atoms with Gasteiger partial charge in [0.05, 0.1) is 18.1 Å². The van der Waals surface area contributed by atoms with Crippen LogP contribution in [0.3, 0.4) is 0 Å². The Morgan fingerprint density at radius 1 is 1.15 bits per heavy atom. The number of carbonyl (C=O) groups excluding carboxylic acids is 1. The Balaban J connectivity index is 1.28. The van der Waals surface area contributed by atoms with E-state index in [9.17, 15) is 4.79 Å². The van der Waals surface area contributed by atoms with Crippen LogP contribution in [0.1, 0.15) is 26.2 Å². The molecule has 2 aliphatic heterocycles. The molecule has 33 heavy (non-hydrogen) atoms. The Labute approximate surface area is 196 Å². The first-order valence-corrected chi connectivity index (χ1v) is 12.6. The van der Waals surface area contributed by atoms with Gasteiger partial charge in [0.25, 0.3) is 5.91 Å². The molecule has 2 aliphatic rings. The number of carbonyl (C=O) groups is 1. The molecule has 1 fully saturated rings. The van der Waals surface area contributed by atoms with Gasteiger partial charge in [-0.05, 0) is 44.6 Å². The zero-order valence-electron chi connectivity index (χ0n) is 18.9. The number of benzene rings is 1. The Bertz CT molecular complexity index is 1150. The van der Waals surface area contributed by atoms with Crippen LogP contribution in [0, 0.1) is 0 Å². The third-order valence-electron chi connectivity index (χ3n) is 6.02. The van der Waals surface area contributed by atoms with Gasteiger partial charge in [-0.3, -0.25) is 4.79 Å². The van der Waals surface area contributed by atoms with Crippen molar-refractivity contribution in [3.05, 3.63) is 30.5 Å². The van der Waals surface area contributed by atoms with Gasteiger partial charge in [-0.15, -0.1) is 0 Å². The Morgan fingerprint density at radius 2 is 1.91 bits per heavy atom. The van der Waals surface area contributed by atoms with E-state index in [-0.39, 0.29) is 12.0 Å². The minimum absolute atomic E-state index is 0.207. The fourth-order valence-electron chi connectivity index (χ4n) is 4.31. The number of amides is 1. The standard InChI is InChI=1S/C23H28N6O3S/c1-15-19(32-18-9-5-4-8-17(18)31-15)22(30)24-10-13-29-21-16(14-25-29)20(26-23(27-21)33-2)28-11-6-3-7-12-28/h4-5,8-9,14-15,19H,3,6-7,10-13H2,1-2H3,(H,24,30). The number of nitrogens with zero attached hydrogens (tertiary/aromatic N) is 5. The minimum Gasteiger partial charge on any atom is -0.482 e. The van der Waals surface area contributed by atoms with E-state index < -0.39 is 6.10 Å². The van der Waals surface area contributed by atoms with Gasteiger partial charge in [-0.1, -0.05) is 23.9 Å². The van der Waals surface area contributed by atoms with Gasteiger partial charge in [0.15, 0.2) is 22.3 Å². The van der Waals surface area contributed by atoms with Crippen LogP contribution >= 0.6 is 11.8 Å². The van der Waals surface area contributed by atoms with Crippen LogP contribution in [-0.2, 0) is 11.3 Å². The first-order chi connectivity index (χ1) is 16.1. The van der Waals surface area contributed by atoms with Crippen molar-refractivity contribution in [3.63, 3.8) is 0 Å². The number of para-hydroxylation sites is 2. The molecule has 10 heteroatoms. The fourth-order valence-corrected chi connectivity index (χ4v) is 4.67. The van der Waals surface area contributed by atoms with Crippen LogP contribution in [0.15, 0.2) is 35.6 Å². The Kier molecular flexibility index (Phi) is 6.26. The van der Waals surface area contributed by atoms with E-state index in [4.69, 9.17) is 19.4 Å². The molecule has 1 amide bonds. The van der Waals surface area contributed by atoms with Crippen LogP contribution in [0.2, 0.25) is 0 Å². The Morgan fingerprint density at radius 3 is 2.67 bits per heavy atom. The molecule has 0 aliphatic carbocycles. The molecule has 2 aromatic heterocycles. The fraction of sp³-hybridized carbons (Fsp3) is 0.478. The van der Waals surface area contributed by atoms with Crippen LogP contribution in [0.25, 0.3) is 11.0 Å². The van der Waals surface area contributed by atoms with Crippen LogP contribution in [-0.4, -0.2) is 63.8 Å². The van der Waals surface area contributed by atoms with E-state index in [0.29, 0.717) is 24.6 Å². The molecule has 1 N–H and O–H groups in total. The third kappa shape index (κ3) is 4.44. The highest BCUT2D eigenvalue weighted by Crippen LogP contribution is 2.33. The summed E-state index contributed by atoms with van der Waals surface area (Å²) in [6.07, 6.45) is 6.35. The number of piperidine rings is 1. The van der Waals surface area contributed by atoms with Crippen molar-refractivity contribution < 1.29 is 14.3 Å². The predicted octanol–water partition coefficient (Wildman–Crippen LogP) is 2.88. The molecule has 0 spiro atoms. The first-order valence-electron chi connectivity index (χ1n) is 11.4. The van der Waals surface area contributed by atoms with Crippen LogP contribution in [0.5, 0.6) is 11.5 Å². The number of rotatable bonds is 6. The molecular formula is C23H28N6O3S. The molecule has 2 unspecified atom stereocenters. The second-order valence-corrected chi connectivity index (χ2v) is 9.06. The number of fused-ring (bicyclic) bond motifs is 2. The molecular weight excluding hydrogens is 440 g/mol. The molecule has 1 saturated heterocycles. The maximum absolute atomic E-state index is 12.8. The summed E-state index contributed by atoms with van der Waals surface area (Å²) >= 11 is 1.53. The number of hydrogen-bond acceptors (Lipinski definition) is 8. The highest BCUT2D eigenvalue weighted by molar-refractivity contribution is 7.98. The lowest BCUT2D eigenvalue weighted by molar-refractivity contribution is -0.133. The van der Waals surface area contributed by atoms with Crippen LogP contribution < -0.4 is 19.7 Å². The summed E-state index contributed by atoms with van der Waals surface area (Å²) in [6, 6.07) is 7.39. The number of aromatic nitrogens is 4. The van der Waals surface area contributed by atoms with Crippen molar-refractivity contribution in [3.8, 4) is 11.5 Å². The van der Waals surface area contributed by atoms with Gasteiger partial charge in [0, 0.05) is 19.6 Å². The van der Waals surface area contributed by atoms with E-state index in [2.05, 4.69) is 15.3 Å². The molecule has 4 heterocycles. The summed E-state index contributed by atoms with van der Waals surface area (Å²) < 4.78 is 13.6. The second-order valence-electron chi connectivity index (χ2n) is 8.29. The van der Waals surface area contributed by atoms with Gasteiger partial charge in [0.2, 0.25) is 6.10 Å². The lowest BCUT2D eigenvalue weighted by atomic mass is 10.1. The molecule has 1 aromatic carbocycles. The molecule has 174 valence electrons. The maximum Gasteiger partial charge on any atom is 0.265 e. The molecule has 5 rings (SSSR count). The molecule has 0 bridgehead atoms. The molecule has 0 radical (unpaired) electrons. The van der Waals surface area contributed by atoms with Gasteiger partial charge in [-0.2, -0.15) is 5.10 Å².